The second kappa shape index (κ2) is 6.69. The van der Waals surface area contributed by atoms with Crippen LogP contribution in [0.25, 0.3) is 0 Å². The molecule has 1 saturated heterocycles. The van der Waals surface area contributed by atoms with E-state index in [1.54, 1.807) is 20.8 Å². The Morgan fingerprint density at radius 1 is 1.24 bits per heavy atom. The Labute approximate surface area is 124 Å². The van der Waals surface area contributed by atoms with Gasteiger partial charge in [0, 0.05) is 25.8 Å². The zero-order chi connectivity index (χ0) is 16.2. The number of likely N-dealkylation sites (tertiary alicyclic amines) is 1. The van der Waals surface area contributed by atoms with Gasteiger partial charge in [-0.25, -0.2) is 4.79 Å². The highest BCUT2D eigenvalue weighted by Crippen LogP contribution is 2.12. The zero-order valence-corrected chi connectivity index (χ0v) is 12.9. The van der Waals surface area contributed by atoms with Crippen molar-refractivity contribution in [2.45, 2.75) is 58.6 Å². The summed E-state index contributed by atoms with van der Waals surface area (Å²) < 4.78 is 5.14. The molecule has 0 saturated carbocycles. The highest BCUT2D eigenvalue weighted by Gasteiger charge is 2.29. The summed E-state index contributed by atoms with van der Waals surface area (Å²) in [5.41, 5.74) is -0.621. The molecular weight excluding hydrogens is 276 g/mol. The number of nitrogens with one attached hydrogen (secondary N) is 1. The third-order valence-electron chi connectivity index (χ3n) is 2.86. The molecule has 0 aromatic heterocycles. The fraction of sp³-hybridized carbons (Fsp3) is 0.714. The molecule has 3 amide bonds. The molecule has 1 N–H and O–H groups in total. The normalized spacial score (nSPS) is 16.9. The van der Waals surface area contributed by atoms with Gasteiger partial charge in [0.2, 0.25) is 17.7 Å². The molecule has 0 radical (unpaired) electrons. The summed E-state index contributed by atoms with van der Waals surface area (Å²) in [6.07, 6.45) is 0.383. The van der Waals surface area contributed by atoms with Crippen LogP contribution in [0.3, 0.4) is 0 Å². The summed E-state index contributed by atoms with van der Waals surface area (Å²) in [6.45, 7) is 6.79. The predicted molar refractivity (Wildman–Crippen MR) is 74.0 cm³/mol. The van der Waals surface area contributed by atoms with E-state index in [-0.39, 0.29) is 37.6 Å². The molecule has 0 aliphatic carbocycles. The summed E-state index contributed by atoms with van der Waals surface area (Å²) in [6, 6.07) is -0.776. The summed E-state index contributed by atoms with van der Waals surface area (Å²) in [5, 5.41) is 2.49. The quantitative estimate of drug-likeness (QED) is 0.585. The van der Waals surface area contributed by atoms with E-state index in [9.17, 15) is 19.2 Å². The van der Waals surface area contributed by atoms with Crippen LogP contribution >= 0.6 is 0 Å². The van der Waals surface area contributed by atoms with Crippen molar-refractivity contribution in [3.8, 4) is 0 Å². The van der Waals surface area contributed by atoms with E-state index in [1.807, 2.05) is 0 Å². The first kappa shape index (κ1) is 17.1. The minimum Gasteiger partial charge on any atom is -0.458 e. The molecule has 1 rings (SSSR count). The van der Waals surface area contributed by atoms with Crippen molar-refractivity contribution in [2.24, 2.45) is 0 Å². The Balaban J connectivity index is 2.38. The van der Waals surface area contributed by atoms with E-state index in [1.165, 1.54) is 6.92 Å². The highest BCUT2D eigenvalue weighted by molar-refractivity contribution is 6.02. The molecule has 7 nitrogen and oxygen atoms in total. The average Bonchev–Trinajstić information content (AvgIpc) is 2.64. The van der Waals surface area contributed by atoms with Crippen molar-refractivity contribution in [1.82, 2.24) is 10.2 Å². The zero-order valence-electron chi connectivity index (χ0n) is 12.9. The fourth-order valence-electron chi connectivity index (χ4n) is 1.85. The van der Waals surface area contributed by atoms with Crippen LogP contribution in [0.5, 0.6) is 0 Å². The van der Waals surface area contributed by atoms with Gasteiger partial charge in [-0.2, -0.15) is 0 Å². The molecule has 0 unspecified atom stereocenters. The van der Waals surface area contributed by atoms with Crippen molar-refractivity contribution in [1.29, 1.82) is 0 Å². The van der Waals surface area contributed by atoms with E-state index in [0.717, 1.165) is 4.90 Å². The number of amides is 3. The lowest BCUT2D eigenvalue weighted by Gasteiger charge is -2.23. The summed E-state index contributed by atoms with van der Waals surface area (Å²) >= 11 is 0. The fourth-order valence-corrected chi connectivity index (χ4v) is 1.85. The molecule has 0 aromatic carbocycles. The van der Waals surface area contributed by atoms with E-state index in [2.05, 4.69) is 5.32 Å². The maximum absolute atomic E-state index is 11.7. The molecule has 0 bridgehead atoms. The van der Waals surface area contributed by atoms with Crippen LogP contribution in [0.1, 0.15) is 47.0 Å². The Kier molecular flexibility index (Phi) is 5.46. The minimum atomic E-state index is -0.776. The van der Waals surface area contributed by atoms with Crippen LogP contribution < -0.4 is 5.32 Å². The van der Waals surface area contributed by atoms with Gasteiger partial charge in [0.05, 0.1) is 0 Å². The SMILES string of the molecule is C[C@@H](NC(=O)CCN1C(=O)CCC1=O)C(=O)OC(C)(C)C. The lowest BCUT2D eigenvalue weighted by molar-refractivity contribution is -0.158. The van der Waals surface area contributed by atoms with Gasteiger partial charge in [-0.05, 0) is 27.7 Å². The van der Waals surface area contributed by atoms with Crippen molar-refractivity contribution in [3.05, 3.63) is 0 Å². The van der Waals surface area contributed by atoms with Crippen molar-refractivity contribution < 1.29 is 23.9 Å². The van der Waals surface area contributed by atoms with Crippen molar-refractivity contribution in [2.75, 3.05) is 6.54 Å². The second-order valence-electron chi connectivity index (χ2n) is 6.01. The number of carbonyl (C=O) groups is 4. The monoisotopic (exact) mass is 298 g/mol. The molecule has 1 fully saturated rings. The Morgan fingerprint density at radius 3 is 2.24 bits per heavy atom. The van der Waals surface area contributed by atoms with Gasteiger partial charge in [0.15, 0.2) is 0 Å². The molecule has 7 heteroatoms. The van der Waals surface area contributed by atoms with E-state index in [0.29, 0.717) is 0 Å². The van der Waals surface area contributed by atoms with Crippen LogP contribution in [0.2, 0.25) is 0 Å². The van der Waals surface area contributed by atoms with Gasteiger partial charge in [-0.1, -0.05) is 0 Å². The number of nitrogens with zero attached hydrogens (tertiary/aromatic N) is 1. The van der Waals surface area contributed by atoms with Gasteiger partial charge in [-0.15, -0.1) is 0 Å². The molecule has 1 aliphatic rings. The number of hydrogen-bond donors (Lipinski definition) is 1. The lowest BCUT2D eigenvalue weighted by Crippen LogP contribution is -2.43. The predicted octanol–water partition coefficient (Wildman–Crippen LogP) is 0.372. The van der Waals surface area contributed by atoms with Gasteiger partial charge < -0.3 is 10.1 Å². The third kappa shape index (κ3) is 5.53. The van der Waals surface area contributed by atoms with Gasteiger partial charge in [-0.3, -0.25) is 19.3 Å². The first-order chi connectivity index (χ1) is 9.60. The lowest BCUT2D eigenvalue weighted by atomic mass is 10.2. The third-order valence-corrected chi connectivity index (χ3v) is 2.86. The maximum atomic E-state index is 11.7. The number of ether oxygens (including phenoxy) is 1. The second-order valence-corrected chi connectivity index (χ2v) is 6.01. The van der Waals surface area contributed by atoms with Crippen LogP contribution in [0.4, 0.5) is 0 Å². The van der Waals surface area contributed by atoms with E-state index >= 15 is 0 Å². The first-order valence-corrected chi connectivity index (χ1v) is 6.95. The molecule has 1 aliphatic heterocycles. The topological polar surface area (TPSA) is 92.8 Å². The van der Waals surface area contributed by atoms with Crippen molar-refractivity contribution in [3.63, 3.8) is 0 Å². The largest absolute Gasteiger partial charge is 0.458 e. The average molecular weight is 298 g/mol. The molecule has 0 spiro atoms. The summed E-state index contributed by atoms with van der Waals surface area (Å²) in [4.78, 5) is 47.3. The highest BCUT2D eigenvalue weighted by atomic mass is 16.6. The first-order valence-electron chi connectivity index (χ1n) is 6.95. The molecule has 1 heterocycles. The Bertz CT molecular complexity index is 437. The van der Waals surface area contributed by atoms with Crippen molar-refractivity contribution >= 4 is 23.7 Å². The molecule has 118 valence electrons. The van der Waals surface area contributed by atoms with Gasteiger partial charge in [0.25, 0.3) is 0 Å². The molecule has 21 heavy (non-hydrogen) atoms. The van der Waals surface area contributed by atoms with Crippen LogP contribution in [-0.2, 0) is 23.9 Å². The molecule has 1 atom stereocenters. The number of hydrogen-bond acceptors (Lipinski definition) is 5. The van der Waals surface area contributed by atoms with Gasteiger partial charge >= 0.3 is 5.97 Å². The summed E-state index contributed by atoms with van der Waals surface area (Å²) in [5.74, 6) is -1.44. The molecule has 0 aromatic rings. The van der Waals surface area contributed by atoms with E-state index < -0.39 is 23.5 Å². The van der Waals surface area contributed by atoms with Crippen LogP contribution in [0, 0.1) is 0 Å². The van der Waals surface area contributed by atoms with Crippen LogP contribution in [0.15, 0.2) is 0 Å². The number of imide groups is 1. The number of esters is 1. The smallest absolute Gasteiger partial charge is 0.328 e. The Morgan fingerprint density at radius 2 is 1.76 bits per heavy atom. The minimum absolute atomic E-state index is 0.0232. The summed E-state index contributed by atoms with van der Waals surface area (Å²) in [7, 11) is 0. The maximum Gasteiger partial charge on any atom is 0.328 e. The van der Waals surface area contributed by atoms with Gasteiger partial charge in [0.1, 0.15) is 11.6 Å². The Hall–Kier alpha value is -1.92. The molecular formula is C14H22N2O5. The number of carbonyl (C=O) groups excluding carboxylic acids is 4. The number of rotatable bonds is 5. The van der Waals surface area contributed by atoms with Crippen LogP contribution in [-0.4, -0.2) is 46.8 Å². The standard InChI is InChI=1S/C14H22N2O5/c1-9(13(20)21-14(2,3)4)15-10(17)7-8-16-11(18)5-6-12(16)19/h9H,5-8H2,1-4H3,(H,15,17)/t9-/m1/s1. The van der Waals surface area contributed by atoms with E-state index in [4.69, 9.17) is 4.74 Å².